The van der Waals surface area contributed by atoms with Gasteiger partial charge in [-0.25, -0.2) is 4.39 Å². The summed E-state index contributed by atoms with van der Waals surface area (Å²) in [6.45, 7) is -0.183. The zero-order valence-electron chi connectivity index (χ0n) is 9.15. The summed E-state index contributed by atoms with van der Waals surface area (Å²) >= 11 is 0. The number of aliphatic hydroxyl groups is 1. The van der Waals surface area contributed by atoms with E-state index in [2.05, 4.69) is 5.32 Å². The molecule has 0 bridgehead atoms. The summed E-state index contributed by atoms with van der Waals surface area (Å²) in [7, 11) is 0. The van der Waals surface area contributed by atoms with E-state index >= 15 is 0 Å². The fourth-order valence-corrected chi connectivity index (χ4v) is 1.26. The summed E-state index contributed by atoms with van der Waals surface area (Å²) < 4.78 is 26.8. The van der Waals surface area contributed by atoms with E-state index in [1.165, 1.54) is 0 Å². The maximum atomic E-state index is 13.6. The molecule has 18 heavy (non-hydrogen) atoms. The smallest absolute Gasteiger partial charge is 0.305 e. The molecule has 2 N–H and O–H groups in total. The van der Waals surface area contributed by atoms with Crippen LogP contribution in [0, 0.1) is 21.7 Å². The molecule has 0 aliphatic rings. The average Bonchev–Trinajstić information content (AvgIpc) is 2.28. The van der Waals surface area contributed by atoms with E-state index in [-0.39, 0.29) is 19.6 Å². The Balaban J connectivity index is 3.03. The Morgan fingerprint density at radius 2 is 2.11 bits per heavy atom. The van der Waals surface area contributed by atoms with E-state index in [1.807, 2.05) is 0 Å². The third kappa shape index (κ3) is 2.98. The number of carbonyl (C=O) groups is 1. The molecule has 98 valence electrons. The second-order valence-corrected chi connectivity index (χ2v) is 3.35. The predicted molar refractivity (Wildman–Crippen MR) is 57.0 cm³/mol. The van der Waals surface area contributed by atoms with E-state index in [1.54, 1.807) is 0 Å². The van der Waals surface area contributed by atoms with E-state index in [0.29, 0.717) is 12.1 Å². The molecule has 0 aliphatic heterocycles. The van der Waals surface area contributed by atoms with E-state index in [4.69, 9.17) is 5.11 Å². The second kappa shape index (κ2) is 6.01. The van der Waals surface area contributed by atoms with Crippen LogP contribution in [0.1, 0.15) is 16.8 Å². The minimum absolute atomic E-state index is 0.0108. The van der Waals surface area contributed by atoms with E-state index < -0.39 is 33.7 Å². The van der Waals surface area contributed by atoms with Crippen LogP contribution in [0.4, 0.5) is 14.5 Å². The summed E-state index contributed by atoms with van der Waals surface area (Å²) in [5.41, 5.74) is -1.97. The lowest BCUT2D eigenvalue weighted by Crippen LogP contribution is -2.27. The first-order valence-electron chi connectivity index (χ1n) is 5.00. The number of nitro groups is 1. The highest BCUT2D eigenvalue weighted by Gasteiger charge is 2.25. The van der Waals surface area contributed by atoms with Crippen LogP contribution in [0.5, 0.6) is 0 Å². The van der Waals surface area contributed by atoms with Crippen molar-refractivity contribution in [2.24, 2.45) is 0 Å². The SMILES string of the molecule is O=C(NCCCO)c1c(F)ccc([N+](=O)[O-])c1F. The summed E-state index contributed by atoms with van der Waals surface area (Å²) in [6, 6.07) is 1.30. The molecule has 0 aromatic heterocycles. The van der Waals surface area contributed by atoms with Crippen molar-refractivity contribution in [3.63, 3.8) is 0 Å². The quantitative estimate of drug-likeness (QED) is 0.469. The van der Waals surface area contributed by atoms with Gasteiger partial charge in [0.25, 0.3) is 5.91 Å². The molecule has 1 amide bonds. The van der Waals surface area contributed by atoms with Gasteiger partial charge in [-0.15, -0.1) is 0 Å². The standard InChI is InChI=1S/C10H10F2N2O4/c11-6-2-3-7(14(17)18)9(12)8(6)10(16)13-4-1-5-15/h2-3,15H,1,4-5H2,(H,13,16). The minimum atomic E-state index is -1.51. The number of amides is 1. The number of aliphatic hydroxyl groups excluding tert-OH is 1. The number of hydrogen-bond acceptors (Lipinski definition) is 4. The van der Waals surface area contributed by atoms with Gasteiger partial charge < -0.3 is 10.4 Å². The van der Waals surface area contributed by atoms with Crippen LogP contribution >= 0.6 is 0 Å². The molecule has 1 rings (SSSR count). The maximum Gasteiger partial charge on any atom is 0.305 e. The fraction of sp³-hybridized carbons (Fsp3) is 0.300. The van der Waals surface area contributed by atoms with Crippen molar-refractivity contribution >= 4 is 11.6 Å². The van der Waals surface area contributed by atoms with Crippen LogP contribution in [0.25, 0.3) is 0 Å². The van der Waals surface area contributed by atoms with E-state index in [0.717, 1.165) is 0 Å². The summed E-state index contributed by atoms with van der Waals surface area (Å²) in [6.07, 6.45) is 0.212. The molecular weight excluding hydrogens is 250 g/mol. The van der Waals surface area contributed by atoms with Gasteiger partial charge >= 0.3 is 5.69 Å². The van der Waals surface area contributed by atoms with Crippen LogP contribution in [0.2, 0.25) is 0 Å². The monoisotopic (exact) mass is 260 g/mol. The molecule has 0 saturated heterocycles. The van der Waals surface area contributed by atoms with Crippen molar-refractivity contribution in [2.45, 2.75) is 6.42 Å². The third-order valence-corrected chi connectivity index (χ3v) is 2.11. The van der Waals surface area contributed by atoms with Gasteiger partial charge in [-0.05, 0) is 12.5 Å². The Morgan fingerprint density at radius 1 is 1.44 bits per heavy atom. The molecule has 0 fully saturated rings. The lowest BCUT2D eigenvalue weighted by atomic mass is 10.1. The molecule has 1 aromatic rings. The highest BCUT2D eigenvalue weighted by atomic mass is 19.1. The normalized spacial score (nSPS) is 10.2. The van der Waals surface area contributed by atoms with Crippen LogP contribution in [-0.2, 0) is 0 Å². The van der Waals surface area contributed by atoms with Crippen molar-refractivity contribution in [1.82, 2.24) is 5.32 Å². The van der Waals surface area contributed by atoms with Crippen molar-refractivity contribution < 1.29 is 23.6 Å². The Labute approximate surface area is 100 Å². The molecule has 0 saturated carbocycles. The zero-order chi connectivity index (χ0) is 13.7. The van der Waals surface area contributed by atoms with Crippen molar-refractivity contribution in [2.75, 3.05) is 13.2 Å². The molecule has 0 spiro atoms. The Bertz CT molecular complexity index is 479. The third-order valence-electron chi connectivity index (χ3n) is 2.11. The maximum absolute atomic E-state index is 13.6. The first-order chi connectivity index (χ1) is 8.49. The summed E-state index contributed by atoms with van der Waals surface area (Å²) in [5.74, 6) is -3.79. The van der Waals surface area contributed by atoms with Crippen LogP contribution in [0.3, 0.4) is 0 Å². The van der Waals surface area contributed by atoms with E-state index in [9.17, 15) is 23.7 Å². The second-order valence-electron chi connectivity index (χ2n) is 3.35. The molecule has 1 aromatic carbocycles. The number of nitrogens with one attached hydrogen (secondary N) is 1. The molecule has 8 heteroatoms. The molecule has 0 unspecified atom stereocenters. The average molecular weight is 260 g/mol. The first-order valence-corrected chi connectivity index (χ1v) is 5.00. The summed E-state index contributed by atoms with van der Waals surface area (Å²) in [5, 5.41) is 21.1. The number of nitrogens with zero attached hydrogens (tertiary/aromatic N) is 1. The van der Waals surface area contributed by atoms with Crippen LogP contribution in [-0.4, -0.2) is 29.1 Å². The zero-order valence-corrected chi connectivity index (χ0v) is 9.15. The minimum Gasteiger partial charge on any atom is -0.396 e. The molecule has 0 atom stereocenters. The van der Waals surface area contributed by atoms with Gasteiger partial charge in [-0.3, -0.25) is 14.9 Å². The number of carbonyl (C=O) groups excluding carboxylic acids is 1. The molecule has 6 nitrogen and oxygen atoms in total. The Kier molecular flexibility index (Phi) is 4.67. The van der Waals surface area contributed by atoms with Crippen molar-refractivity contribution in [3.05, 3.63) is 39.4 Å². The number of halogens is 2. The predicted octanol–water partition coefficient (Wildman–Crippen LogP) is 0.985. The first kappa shape index (κ1) is 14.0. The molecule has 0 aliphatic carbocycles. The van der Waals surface area contributed by atoms with Gasteiger partial charge in [0.2, 0.25) is 5.82 Å². The topological polar surface area (TPSA) is 92.5 Å². The number of rotatable bonds is 5. The lowest BCUT2D eigenvalue weighted by Gasteiger charge is -2.06. The highest BCUT2D eigenvalue weighted by molar-refractivity contribution is 5.95. The number of benzene rings is 1. The summed E-state index contributed by atoms with van der Waals surface area (Å²) in [4.78, 5) is 20.8. The van der Waals surface area contributed by atoms with Gasteiger partial charge in [0.15, 0.2) is 0 Å². The molecule has 0 radical (unpaired) electrons. The van der Waals surface area contributed by atoms with Gasteiger partial charge in [0.05, 0.1) is 4.92 Å². The van der Waals surface area contributed by atoms with Gasteiger partial charge in [0.1, 0.15) is 11.4 Å². The molecule has 0 heterocycles. The van der Waals surface area contributed by atoms with Crippen LogP contribution in [0.15, 0.2) is 12.1 Å². The van der Waals surface area contributed by atoms with Crippen molar-refractivity contribution in [1.29, 1.82) is 0 Å². The lowest BCUT2D eigenvalue weighted by molar-refractivity contribution is -0.387. The van der Waals surface area contributed by atoms with Gasteiger partial charge in [-0.2, -0.15) is 4.39 Å². The largest absolute Gasteiger partial charge is 0.396 e. The van der Waals surface area contributed by atoms with Crippen LogP contribution < -0.4 is 5.32 Å². The van der Waals surface area contributed by atoms with Gasteiger partial charge in [-0.1, -0.05) is 0 Å². The number of hydrogen-bond donors (Lipinski definition) is 2. The van der Waals surface area contributed by atoms with Gasteiger partial charge in [0, 0.05) is 19.2 Å². The Morgan fingerprint density at radius 3 is 2.67 bits per heavy atom. The van der Waals surface area contributed by atoms with Crippen molar-refractivity contribution in [3.8, 4) is 0 Å². The number of nitro benzene ring substituents is 1. The molecular formula is C10H10F2N2O4. The highest BCUT2D eigenvalue weighted by Crippen LogP contribution is 2.22. The fourth-order valence-electron chi connectivity index (χ4n) is 1.26. The Hall–Kier alpha value is -2.09.